The van der Waals surface area contributed by atoms with E-state index in [0.717, 1.165) is 50.7 Å². The third kappa shape index (κ3) is 4.37. The fraction of sp³-hybridized carbons (Fsp3) is 0.0638. The molecule has 50 heavy (non-hydrogen) atoms. The van der Waals surface area contributed by atoms with Crippen molar-refractivity contribution in [1.82, 2.24) is 9.97 Å². The van der Waals surface area contributed by atoms with Crippen molar-refractivity contribution in [1.29, 1.82) is 0 Å². The molecule has 0 spiro atoms. The lowest BCUT2D eigenvalue weighted by Crippen LogP contribution is -2.15. The van der Waals surface area contributed by atoms with Crippen LogP contribution >= 0.6 is 0 Å². The molecule has 0 saturated heterocycles. The lowest BCUT2D eigenvalue weighted by atomic mass is 9.81. The van der Waals surface area contributed by atoms with Crippen molar-refractivity contribution in [2.75, 3.05) is 5.32 Å². The molecule has 10 rings (SSSR count). The molecule has 0 unspecified atom stereocenters. The van der Waals surface area contributed by atoms with Gasteiger partial charge < -0.3 is 5.32 Å². The Bertz CT molecular complexity index is 2610. The summed E-state index contributed by atoms with van der Waals surface area (Å²) in [5, 5.41) is 8.60. The van der Waals surface area contributed by atoms with E-state index in [-0.39, 0.29) is 5.41 Å². The van der Waals surface area contributed by atoms with E-state index in [9.17, 15) is 0 Å². The van der Waals surface area contributed by atoms with Crippen LogP contribution in [0.3, 0.4) is 0 Å². The van der Waals surface area contributed by atoms with Crippen LogP contribution in [0.1, 0.15) is 25.0 Å². The normalized spacial score (nSPS) is 13.6. The van der Waals surface area contributed by atoms with Crippen molar-refractivity contribution in [2.24, 2.45) is 0 Å². The molecule has 8 aromatic rings. The zero-order chi connectivity index (χ0) is 33.4. The van der Waals surface area contributed by atoms with E-state index in [2.05, 4.69) is 177 Å². The van der Waals surface area contributed by atoms with Gasteiger partial charge in [0.2, 0.25) is 0 Å². The summed E-state index contributed by atoms with van der Waals surface area (Å²) in [5.41, 5.74) is 14.4. The lowest BCUT2D eigenvalue weighted by Gasteiger charge is -2.26. The first-order valence-corrected chi connectivity index (χ1v) is 17.3. The highest BCUT2D eigenvalue weighted by molar-refractivity contribution is 6.04. The largest absolute Gasteiger partial charge is 0.354 e. The van der Waals surface area contributed by atoms with Crippen molar-refractivity contribution in [3.05, 3.63) is 163 Å². The van der Waals surface area contributed by atoms with E-state index in [1.807, 2.05) is 0 Å². The second kappa shape index (κ2) is 10.8. The Kier molecular flexibility index (Phi) is 6.22. The predicted octanol–water partition coefficient (Wildman–Crippen LogP) is 12.5. The van der Waals surface area contributed by atoms with Gasteiger partial charge in [-0.2, -0.15) is 0 Å². The highest BCUT2D eigenvalue weighted by Gasteiger charge is 2.34. The monoisotopic (exact) mass is 639 g/mol. The second-order valence-corrected chi connectivity index (χ2v) is 13.9. The number of benzene rings is 7. The standard InChI is InChI=1S/C47H33N3/c1-47(2)26-25-37-39(27-40-34-20-8-7-19-33(34)36-21-9-10-24-41(36)48-45(40)44(37)47)43-28-42(35-22-11-15-29-13-3-5-17-31(29)35)49-46(50-43)38-23-12-16-30-14-4-6-18-32(30)38/h3-28,48H,1-2H3. The molecule has 236 valence electrons. The molecule has 2 heterocycles. The summed E-state index contributed by atoms with van der Waals surface area (Å²) in [6, 6.07) is 51.9. The van der Waals surface area contributed by atoms with Crippen LogP contribution in [0.4, 0.5) is 11.4 Å². The quantitative estimate of drug-likeness (QED) is 0.209. The summed E-state index contributed by atoms with van der Waals surface area (Å²) in [6.45, 7) is 4.62. The van der Waals surface area contributed by atoms with E-state index >= 15 is 0 Å². The molecule has 0 amide bonds. The van der Waals surface area contributed by atoms with Crippen LogP contribution in [-0.2, 0) is 5.41 Å². The maximum atomic E-state index is 5.46. The Morgan fingerprint density at radius 2 is 1.02 bits per heavy atom. The topological polar surface area (TPSA) is 37.8 Å². The molecule has 1 aliphatic heterocycles. The molecule has 1 aliphatic carbocycles. The molecule has 3 nitrogen and oxygen atoms in total. The Morgan fingerprint density at radius 1 is 0.480 bits per heavy atom. The second-order valence-electron chi connectivity index (χ2n) is 13.9. The lowest BCUT2D eigenvalue weighted by molar-refractivity contribution is 0.686. The Morgan fingerprint density at radius 3 is 1.76 bits per heavy atom. The first kappa shape index (κ1) is 28.7. The number of hydrogen-bond acceptors (Lipinski definition) is 3. The number of nitrogens with one attached hydrogen (secondary N) is 1. The number of aromatic nitrogens is 2. The molecule has 7 aromatic carbocycles. The van der Waals surface area contributed by atoms with Crippen LogP contribution in [0, 0.1) is 0 Å². The molecular formula is C47H33N3. The first-order valence-electron chi connectivity index (χ1n) is 17.3. The molecule has 0 atom stereocenters. The SMILES string of the molecule is CC1(C)C=Cc2c(-c3cc(-c4cccc5ccccc45)nc(-c4cccc5ccccc45)n3)cc3c(c21)Nc1ccccc1-c1ccccc1-3. The number of hydrogen-bond donors (Lipinski definition) is 1. The minimum absolute atomic E-state index is 0.194. The number of para-hydroxylation sites is 1. The van der Waals surface area contributed by atoms with Gasteiger partial charge in [-0.05, 0) is 62.0 Å². The third-order valence-electron chi connectivity index (χ3n) is 10.5. The van der Waals surface area contributed by atoms with E-state index in [1.54, 1.807) is 0 Å². The summed E-state index contributed by atoms with van der Waals surface area (Å²) in [4.78, 5) is 10.8. The van der Waals surface area contributed by atoms with Gasteiger partial charge in [0, 0.05) is 38.9 Å². The number of anilines is 2. The molecule has 2 aliphatic rings. The Hall–Kier alpha value is -6.32. The van der Waals surface area contributed by atoms with Gasteiger partial charge in [-0.1, -0.05) is 153 Å². The first-order chi connectivity index (χ1) is 24.5. The van der Waals surface area contributed by atoms with Gasteiger partial charge in [-0.15, -0.1) is 0 Å². The van der Waals surface area contributed by atoms with Crippen LogP contribution < -0.4 is 5.32 Å². The number of fused-ring (bicyclic) bond motifs is 9. The molecule has 3 heteroatoms. The Balaban J connectivity index is 1.30. The predicted molar refractivity (Wildman–Crippen MR) is 210 cm³/mol. The van der Waals surface area contributed by atoms with E-state index in [1.165, 1.54) is 49.5 Å². The summed E-state index contributed by atoms with van der Waals surface area (Å²) in [6.07, 6.45) is 4.64. The minimum atomic E-state index is -0.194. The molecular weight excluding hydrogens is 607 g/mol. The van der Waals surface area contributed by atoms with Gasteiger partial charge in [0.25, 0.3) is 0 Å². The highest BCUT2D eigenvalue weighted by Crippen LogP contribution is 2.53. The molecule has 0 bridgehead atoms. The van der Waals surface area contributed by atoms with Gasteiger partial charge in [-0.25, -0.2) is 9.97 Å². The summed E-state index contributed by atoms with van der Waals surface area (Å²) in [7, 11) is 0. The van der Waals surface area contributed by atoms with Gasteiger partial charge >= 0.3 is 0 Å². The number of rotatable bonds is 3. The minimum Gasteiger partial charge on any atom is -0.354 e. The summed E-state index contributed by atoms with van der Waals surface area (Å²) >= 11 is 0. The fourth-order valence-corrected chi connectivity index (χ4v) is 8.10. The van der Waals surface area contributed by atoms with E-state index < -0.39 is 0 Å². The third-order valence-corrected chi connectivity index (χ3v) is 10.5. The zero-order valence-corrected chi connectivity index (χ0v) is 27.9. The Labute approximate surface area is 291 Å². The average molecular weight is 640 g/mol. The maximum Gasteiger partial charge on any atom is 0.161 e. The highest BCUT2D eigenvalue weighted by atomic mass is 14.9. The van der Waals surface area contributed by atoms with Gasteiger partial charge in [0.1, 0.15) is 0 Å². The smallest absolute Gasteiger partial charge is 0.161 e. The maximum absolute atomic E-state index is 5.46. The van der Waals surface area contributed by atoms with Crippen LogP contribution in [0.15, 0.2) is 152 Å². The fourth-order valence-electron chi connectivity index (χ4n) is 8.10. The number of allylic oxidation sites excluding steroid dienone is 1. The molecule has 1 aromatic heterocycles. The zero-order valence-electron chi connectivity index (χ0n) is 27.9. The van der Waals surface area contributed by atoms with Gasteiger partial charge in [0.05, 0.1) is 17.1 Å². The molecule has 1 N–H and O–H groups in total. The number of nitrogens with zero attached hydrogens (tertiary/aromatic N) is 2. The van der Waals surface area contributed by atoms with Crippen molar-refractivity contribution in [3.8, 4) is 56.2 Å². The van der Waals surface area contributed by atoms with Gasteiger partial charge in [-0.3, -0.25) is 0 Å². The van der Waals surface area contributed by atoms with Crippen molar-refractivity contribution >= 4 is 39.0 Å². The van der Waals surface area contributed by atoms with Crippen LogP contribution in [0.2, 0.25) is 0 Å². The van der Waals surface area contributed by atoms with E-state index in [4.69, 9.17) is 9.97 Å². The average Bonchev–Trinajstić information content (AvgIpc) is 3.41. The van der Waals surface area contributed by atoms with Gasteiger partial charge in [0.15, 0.2) is 5.82 Å². The molecule has 0 saturated carbocycles. The summed E-state index contributed by atoms with van der Waals surface area (Å²) in [5.74, 6) is 0.720. The van der Waals surface area contributed by atoms with Crippen molar-refractivity contribution in [3.63, 3.8) is 0 Å². The van der Waals surface area contributed by atoms with Crippen LogP contribution in [0.25, 0.3) is 83.8 Å². The van der Waals surface area contributed by atoms with Crippen molar-refractivity contribution < 1.29 is 0 Å². The van der Waals surface area contributed by atoms with E-state index in [0.29, 0.717) is 0 Å². The summed E-state index contributed by atoms with van der Waals surface area (Å²) < 4.78 is 0. The van der Waals surface area contributed by atoms with Crippen LogP contribution in [0.5, 0.6) is 0 Å². The molecule has 0 radical (unpaired) electrons. The van der Waals surface area contributed by atoms with Crippen LogP contribution in [-0.4, -0.2) is 9.97 Å². The molecule has 0 fully saturated rings. The van der Waals surface area contributed by atoms with Crippen molar-refractivity contribution in [2.45, 2.75) is 19.3 Å².